The van der Waals surface area contributed by atoms with Gasteiger partial charge in [0.25, 0.3) is 11.8 Å². The van der Waals surface area contributed by atoms with E-state index in [9.17, 15) is 28.8 Å². The van der Waals surface area contributed by atoms with Crippen molar-refractivity contribution in [2.45, 2.75) is 19.6 Å². The summed E-state index contributed by atoms with van der Waals surface area (Å²) in [5, 5.41) is 20.0. The van der Waals surface area contributed by atoms with Gasteiger partial charge in [-0.1, -0.05) is 12.1 Å². The third-order valence-corrected chi connectivity index (χ3v) is 6.44. The molecule has 1 aliphatic rings. The summed E-state index contributed by atoms with van der Waals surface area (Å²) in [5.74, 6) is -3.64. The standard InChI is InChI=1S/C23H20FN2O8P/c1-12(23(30)31)34-35(32)10-9-33-20-15-3-2-8-25-18(15)19(27)16-17(20)22(29)26(21(16)28)11-13-4-6-14(24)7-5-13/h2-8,12,27,32H,9-11H2,1H3,(H,30,31). The van der Waals surface area contributed by atoms with E-state index < -0.39 is 43.8 Å². The second kappa shape index (κ2) is 9.91. The number of hydrogen-bond acceptors (Lipinski definition) is 8. The average Bonchev–Trinajstić information content (AvgIpc) is 3.07. The number of rotatable bonds is 9. The zero-order valence-electron chi connectivity index (χ0n) is 18.3. The molecule has 0 radical (unpaired) electrons. The number of carboxylic acid groups (broad SMARTS) is 1. The SMILES string of the molecule is CC(OP(O)CCOc1c2c(c(O)c3ncccc13)C(=O)N(Cc1ccc(F)cc1)C2=O)C(=O)O. The molecule has 4 rings (SSSR count). The van der Waals surface area contributed by atoms with Crippen molar-refractivity contribution in [2.24, 2.45) is 0 Å². The molecule has 182 valence electrons. The quantitative estimate of drug-likeness (QED) is 0.297. The maximum absolute atomic E-state index is 13.3. The molecule has 2 unspecified atom stereocenters. The summed E-state index contributed by atoms with van der Waals surface area (Å²) in [6.07, 6.45) is 0.114. The molecule has 12 heteroatoms. The van der Waals surface area contributed by atoms with Crippen LogP contribution in [0.4, 0.5) is 4.39 Å². The zero-order valence-corrected chi connectivity index (χ0v) is 19.2. The molecule has 0 fully saturated rings. The van der Waals surface area contributed by atoms with Gasteiger partial charge in [0.15, 0.2) is 20.2 Å². The zero-order chi connectivity index (χ0) is 25.3. The lowest BCUT2D eigenvalue weighted by atomic mass is 10.0. The Labute approximate surface area is 199 Å². The third-order valence-electron chi connectivity index (χ3n) is 5.32. The van der Waals surface area contributed by atoms with E-state index in [-0.39, 0.29) is 47.1 Å². The Hall–Kier alpha value is -3.66. The number of ether oxygens (including phenoxy) is 1. The van der Waals surface area contributed by atoms with Crippen LogP contribution in [0.3, 0.4) is 0 Å². The van der Waals surface area contributed by atoms with Crippen LogP contribution in [0.5, 0.6) is 11.5 Å². The van der Waals surface area contributed by atoms with E-state index in [0.717, 1.165) is 4.90 Å². The predicted octanol–water partition coefficient (Wildman–Crippen LogP) is 3.05. The second-order valence-electron chi connectivity index (χ2n) is 7.66. The molecule has 1 aromatic heterocycles. The largest absolute Gasteiger partial charge is 0.505 e. The molecule has 1 aliphatic heterocycles. The first-order valence-corrected chi connectivity index (χ1v) is 11.8. The van der Waals surface area contributed by atoms with E-state index in [2.05, 4.69) is 4.98 Å². The van der Waals surface area contributed by atoms with Crippen molar-refractivity contribution < 1.29 is 43.1 Å². The van der Waals surface area contributed by atoms with Gasteiger partial charge in [-0.3, -0.25) is 19.5 Å². The van der Waals surface area contributed by atoms with Crippen molar-refractivity contribution >= 4 is 37.1 Å². The fraction of sp³-hybridized carbons (Fsp3) is 0.217. The van der Waals surface area contributed by atoms with Crippen LogP contribution in [0.15, 0.2) is 42.6 Å². The van der Waals surface area contributed by atoms with Crippen molar-refractivity contribution in [2.75, 3.05) is 12.8 Å². The van der Waals surface area contributed by atoms with E-state index >= 15 is 0 Å². The van der Waals surface area contributed by atoms with Gasteiger partial charge in [0, 0.05) is 11.6 Å². The number of carboxylic acids is 1. The molecule has 2 aromatic carbocycles. The number of aliphatic carboxylic acids is 1. The molecular formula is C23H20FN2O8P. The summed E-state index contributed by atoms with van der Waals surface area (Å²) < 4.78 is 24.1. The molecule has 0 saturated carbocycles. The van der Waals surface area contributed by atoms with Gasteiger partial charge >= 0.3 is 5.97 Å². The number of amides is 2. The summed E-state index contributed by atoms with van der Waals surface area (Å²) in [5.41, 5.74) is 0.131. The number of aromatic hydroxyl groups is 1. The van der Waals surface area contributed by atoms with Crippen LogP contribution < -0.4 is 4.74 Å². The van der Waals surface area contributed by atoms with Crippen LogP contribution >= 0.6 is 8.38 Å². The average molecular weight is 502 g/mol. The van der Waals surface area contributed by atoms with Gasteiger partial charge < -0.3 is 24.4 Å². The highest BCUT2D eigenvalue weighted by Crippen LogP contribution is 2.44. The van der Waals surface area contributed by atoms with Crippen LogP contribution in [0.2, 0.25) is 0 Å². The summed E-state index contributed by atoms with van der Waals surface area (Å²) in [7, 11) is -2.13. The van der Waals surface area contributed by atoms with Crippen molar-refractivity contribution in [1.82, 2.24) is 9.88 Å². The Morgan fingerprint density at radius 2 is 1.86 bits per heavy atom. The van der Waals surface area contributed by atoms with Crippen molar-refractivity contribution in [3.63, 3.8) is 0 Å². The van der Waals surface area contributed by atoms with Crippen molar-refractivity contribution in [3.05, 3.63) is 65.1 Å². The van der Waals surface area contributed by atoms with Gasteiger partial charge in [0.2, 0.25) is 0 Å². The predicted molar refractivity (Wildman–Crippen MR) is 122 cm³/mol. The van der Waals surface area contributed by atoms with Gasteiger partial charge in [-0.05, 0) is 36.8 Å². The number of carbonyl (C=O) groups excluding carboxylic acids is 2. The number of hydrogen-bond donors (Lipinski definition) is 3. The minimum atomic E-state index is -2.13. The molecule has 2 heterocycles. The molecule has 0 bridgehead atoms. The first-order chi connectivity index (χ1) is 16.7. The molecule has 2 amide bonds. The molecular weight excluding hydrogens is 482 g/mol. The molecule has 3 aromatic rings. The highest BCUT2D eigenvalue weighted by molar-refractivity contribution is 7.46. The maximum atomic E-state index is 13.3. The van der Waals surface area contributed by atoms with Crippen LogP contribution in [0.1, 0.15) is 33.2 Å². The first-order valence-electron chi connectivity index (χ1n) is 10.4. The molecule has 3 N–H and O–H groups in total. The number of aromatic nitrogens is 1. The van der Waals surface area contributed by atoms with Crippen molar-refractivity contribution in [3.8, 4) is 11.5 Å². The van der Waals surface area contributed by atoms with E-state index in [1.54, 1.807) is 12.1 Å². The topological polar surface area (TPSA) is 146 Å². The molecule has 35 heavy (non-hydrogen) atoms. The van der Waals surface area contributed by atoms with Crippen LogP contribution in [0, 0.1) is 5.82 Å². The van der Waals surface area contributed by atoms with Crippen molar-refractivity contribution in [1.29, 1.82) is 0 Å². The summed E-state index contributed by atoms with van der Waals surface area (Å²) >= 11 is 0. The smallest absolute Gasteiger partial charge is 0.332 e. The van der Waals surface area contributed by atoms with E-state index in [0.29, 0.717) is 5.56 Å². The Bertz CT molecular complexity index is 1320. The minimum absolute atomic E-state index is 0.00413. The van der Waals surface area contributed by atoms with Crippen LogP contribution in [0.25, 0.3) is 10.9 Å². The van der Waals surface area contributed by atoms with Gasteiger partial charge in [0.05, 0.1) is 24.9 Å². The third kappa shape index (κ3) is 4.79. The number of nitrogens with zero attached hydrogens (tertiary/aromatic N) is 2. The molecule has 0 spiro atoms. The number of phenols is 1. The highest BCUT2D eigenvalue weighted by atomic mass is 31.2. The summed E-state index contributed by atoms with van der Waals surface area (Å²) in [4.78, 5) is 52.4. The summed E-state index contributed by atoms with van der Waals surface area (Å²) in [6.45, 7) is 0.952. The molecule has 0 saturated heterocycles. The fourth-order valence-electron chi connectivity index (χ4n) is 3.61. The Morgan fingerprint density at radius 1 is 1.17 bits per heavy atom. The number of imide groups is 1. The first kappa shape index (κ1) is 24.5. The fourth-order valence-corrected chi connectivity index (χ4v) is 4.42. The van der Waals surface area contributed by atoms with E-state index in [4.69, 9.17) is 14.4 Å². The normalized spacial score (nSPS) is 14.8. The highest BCUT2D eigenvalue weighted by Gasteiger charge is 2.42. The second-order valence-corrected chi connectivity index (χ2v) is 9.02. The van der Waals surface area contributed by atoms with Gasteiger partial charge in [0.1, 0.15) is 22.6 Å². The monoisotopic (exact) mass is 502 g/mol. The van der Waals surface area contributed by atoms with Gasteiger partial charge in [-0.2, -0.15) is 0 Å². The lowest BCUT2D eigenvalue weighted by molar-refractivity contribution is -0.144. The number of halogens is 1. The van der Waals surface area contributed by atoms with E-state index in [1.165, 1.54) is 37.4 Å². The van der Waals surface area contributed by atoms with Gasteiger partial charge in [-0.15, -0.1) is 0 Å². The Morgan fingerprint density at radius 3 is 2.54 bits per heavy atom. The maximum Gasteiger partial charge on any atom is 0.332 e. The number of carbonyl (C=O) groups is 3. The molecule has 2 atom stereocenters. The van der Waals surface area contributed by atoms with Crippen LogP contribution in [-0.4, -0.2) is 61.6 Å². The summed E-state index contributed by atoms with van der Waals surface area (Å²) in [6, 6.07) is 8.42. The number of fused-ring (bicyclic) bond motifs is 2. The Kier molecular flexibility index (Phi) is 6.93. The van der Waals surface area contributed by atoms with Gasteiger partial charge in [-0.25, -0.2) is 9.18 Å². The number of benzene rings is 2. The molecule has 10 nitrogen and oxygen atoms in total. The number of pyridine rings is 1. The minimum Gasteiger partial charge on any atom is -0.505 e. The lowest BCUT2D eigenvalue weighted by Gasteiger charge is -2.17. The lowest BCUT2D eigenvalue weighted by Crippen LogP contribution is -2.29. The van der Waals surface area contributed by atoms with E-state index in [1.807, 2.05) is 0 Å². The number of phenolic OH excluding ortho intramolecular Hbond substituents is 1. The molecule has 0 aliphatic carbocycles. The van der Waals surface area contributed by atoms with Crippen LogP contribution in [-0.2, 0) is 15.9 Å². The Balaban J connectivity index is 1.65.